The van der Waals surface area contributed by atoms with E-state index in [1.807, 2.05) is 13.8 Å². The van der Waals surface area contributed by atoms with Crippen molar-refractivity contribution >= 4 is 0 Å². The van der Waals surface area contributed by atoms with Crippen LogP contribution in [0.25, 0.3) is 0 Å². The molecule has 1 atom stereocenters. The van der Waals surface area contributed by atoms with Crippen LogP contribution < -0.4 is 0 Å². The summed E-state index contributed by atoms with van der Waals surface area (Å²) in [6.07, 6.45) is 10.3. The van der Waals surface area contributed by atoms with Crippen molar-refractivity contribution in [3.8, 4) is 0 Å². The number of unbranched alkanes of at least 4 members (excludes halogenated alkanes) is 6. The molecule has 0 rings (SSSR count). The molecule has 0 bridgehead atoms. The molecule has 0 aromatic heterocycles. The molecule has 2 nitrogen and oxygen atoms in total. The van der Waals surface area contributed by atoms with E-state index >= 15 is 0 Å². The molecule has 0 spiro atoms. The van der Waals surface area contributed by atoms with E-state index in [2.05, 4.69) is 6.92 Å². The molecule has 0 saturated heterocycles. The SMILES string of the molecule is CCCCCCCCCC(C)(OC)OCC. The molecule has 0 radical (unpaired) electrons. The molecule has 16 heavy (non-hydrogen) atoms. The third-order valence-corrected chi connectivity index (χ3v) is 3.12. The molecule has 98 valence electrons. The van der Waals surface area contributed by atoms with Gasteiger partial charge in [-0.25, -0.2) is 0 Å². The molecular formula is C14H30O2. The Morgan fingerprint density at radius 2 is 1.44 bits per heavy atom. The Bertz CT molecular complexity index is 148. The van der Waals surface area contributed by atoms with Crippen LogP contribution in [0.3, 0.4) is 0 Å². The Hall–Kier alpha value is -0.0800. The van der Waals surface area contributed by atoms with E-state index in [4.69, 9.17) is 9.47 Å². The van der Waals surface area contributed by atoms with Crippen molar-refractivity contribution in [2.45, 2.75) is 77.9 Å². The Labute approximate surface area is 102 Å². The fourth-order valence-electron chi connectivity index (χ4n) is 1.94. The molecule has 1 unspecified atom stereocenters. The van der Waals surface area contributed by atoms with Gasteiger partial charge >= 0.3 is 0 Å². The average molecular weight is 230 g/mol. The minimum atomic E-state index is -0.363. The lowest BCUT2D eigenvalue weighted by Crippen LogP contribution is -2.30. The first-order chi connectivity index (χ1) is 7.68. The van der Waals surface area contributed by atoms with Gasteiger partial charge in [0.2, 0.25) is 0 Å². The number of rotatable bonds is 11. The van der Waals surface area contributed by atoms with E-state index < -0.39 is 0 Å². The van der Waals surface area contributed by atoms with Gasteiger partial charge in [-0.05, 0) is 20.3 Å². The number of hydrogen-bond donors (Lipinski definition) is 0. The summed E-state index contributed by atoms with van der Waals surface area (Å²) in [5.74, 6) is -0.363. The summed E-state index contributed by atoms with van der Waals surface area (Å²) in [6, 6.07) is 0. The van der Waals surface area contributed by atoms with E-state index in [1.54, 1.807) is 7.11 Å². The van der Waals surface area contributed by atoms with Crippen LogP contribution in [0.5, 0.6) is 0 Å². The second kappa shape index (κ2) is 10.1. The molecule has 0 amide bonds. The fraction of sp³-hybridized carbons (Fsp3) is 1.00. The number of methoxy groups -OCH3 is 1. The Morgan fingerprint density at radius 3 is 1.94 bits per heavy atom. The monoisotopic (exact) mass is 230 g/mol. The maximum atomic E-state index is 5.60. The van der Waals surface area contributed by atoms with Gasteiger partial charge in [0.05, 0.1) is 0 Å². The second-order valence-electron chi connectivity index (χ2n) is 4.64. The molecule has 0 N–H and O–H groups in total. The average Bonchev–Trinajstić information content (AvgIpc) is 2.28. The molecule has 0 aliphatic rings. The van der Waals surface area contributed by atoms with Crippen LogP contribution >= 0.6 is 0 Å². The summed E-state index contributed by atoms with van der Waals surface area (Å²) in [5.41, 5.74) is 0. The summed E-state index contributed by atoms with van der Waals surface area (Å²) in [6.45, 7) is 7.03. The zero-order chi connectivity index (χ0) is 12.3. The van der Waals surface area contributed by atoms with Crippen LogP contribution in [0.2, 0.25) is 0 Å². The number of hydrogen-bond acceptors (Lipinski definition) is 2. The third-order valence-electron chi connectivity index (χ3n) is 3.12. The first-order valence-electron chi connectivity index (χ1n) is 6.87. The van der Waals surface area contributed by atoms with Crippen molar-refractivity contribution in [3.05, 3.63) is 0 Å². The minimum Gasteiger partial charge on any atom is -0.353 e. The smallest absolute Gasteiger partial charge is 0.165 e. The van der Waals surface area contributed by atoms with Gasteiger partial charge in [-0.3, -0.25) is 0 Å². The Balaban J connectivity index is 3.41. The molecule has 0 heterocycles. The van der Waals surface area contributed by atoms with E-state index in [1.165, 1.54) is 44.9 Å². The highest BCUT2D eigenvalue weighted by Crippen LogP contribution is 2.20. The summed E-state index contributed by atoms with van der Waals surface area (Å²) >= 11 is 0. The molecular weight excluding hydrogens is 200 g/mol. The van der Waals surface area contributed by atoms with Gasteiger partial charge in [0, 0.05) is 20.1 Å². The van der Waals surface area contributed by atoms with Gasteiger partial charge in [-0.15, -0.1) is 0 Å². The highest BCUT2D eigenvalue weighted by atomic mass is 16.7. The molecule has 0 fully saturated rings. The molecule has 0 aliphatic heterocycles. The molecule has 0 aliphatic carbocycles. The quantitative estimate of drug-likeness (QED) is 0.383. The lowest BCUT2D eigenvalue weighted by atomic mass is 10.1. The van der Waals surface area contributed by atoms with E-state index in [9.17, 15) is 0 Å². The zero-order valence-corrected chi connectivity index (χ0v) is 11.7. The fourth-order valence-corrected chi connectivity index (χ4v) is 1.94. The van der Waals surface area contributed by atoms with Gasteiger partial charge in [0.15, 0.2) is 5.79 Å². The van der Waals surface area contributed by atoms with Crippen molar-refractivity contribution in [2.75, 3.05) is 13.7 Å². The third kappa shape index (κ3) is 8.12. The van der Waals surface area contributed by atoms with Crippen LogP contribution in [-0.4, -0.2) is 19.5 Å². The van der Waals surface area contributed by atoms with Gasteiger partial charge < -0.3 is 9.47 Å². The van der Waals surface area contributed by atoms with Crippen LogP contribution in [0.4, 0.5) is 0 Å². The van der Waals surface area contributed by atoms with Crippen LogP contribution in [-0.2, 0) is 9.47 Å². The molecule has 2 heteroatoms. The largest absolute Gasteiger partial charge is 0.353 e. The first kappa shape index (κ1) is 15.9. The predicted molar refractivity (Wildman–Crippen MR) is 69.7 cm³/mol. The second-order valence-corrected chi connectivity index (χ2v) is 4.64. The Kier molecular flexibility index (Phi) is 10.0. The summed E-state index contributed by atoms with van der Waals surface area (Å²) in [5, 5.41) is 0. The normalized spacial score (nSPS) is 15.0. The zero-order valence-electron chi connectivity index (χ0n) is 11.7. The maximum absolute atomic E-state index is 5.60. The summed E-state index contributed by atoms with van der Waals surface area (Å²) in [4.78, 5) is 0. The van der Waals surface area contributed by atoms with E-state index in [0.29, 0.717) is 0 Å². The van der Waals surface area contributed by atoms with Gasteiger partial charge in [-0.1, -0.05) is 45.4 Å². The minimum absolute atomic E-state index is 0.363. The molecule has 0 aromatic rings. The predicted octanol–water partition coefficient (Wildman–Crippen LogP) is 4.53. The topological polar surface area (TPSA) is 18.5 Å². The lowest BCUT2D eigenvalue weighted by Gasteiger charge is -2.27. The van der Waals surface area contributed by atoms with Crippen molar-refractivity contribution in [1.29, 1.82) is 0 Å². The van der Waals surface area contributed by atoms with Crippen molar-refractivity contribution in [1.82, 2.24) is 0 Å². The van der Waals surface area contributed by atoms with Crippen LogP contribution in [0.1, 0.15) is 72.1 Å². The van der Waals surface area contributed by atoms with E-state index in [0.717, 1.165) is 13.0 Å². The summed E-state index contributed by atoms with van der Waals surface area (Å²) < 4.78 is 11.0. The first-order valence-corrected chi connectivity index (χ1v) is 6.87. The van der Waals surface area contributed by atoms with Crippen molar-refractivity contribution in [2.24, 2.45) is 0 Å². The highest BCUT2D eigenvalue weighted by molar-refractivity contribution is 4.62. The van der Waals surface area contributed by atoms with Crippen molar-refractivity contribution < 1.29 is 9.47 Å². The van der Waals surface area contributed by atoms with Crippen LogP contribution in [0.15, 0.2) is 0 Å². The molecule has 0 saturated carbocycles. The molecule has 0 aromatic carbocycles. The summed E-state index contributed by atoms with van der Waals surface area (Å²) in [7, 11) is 1.73. The standard InChI is InChI=1S/C14H30O2/c1-5-7-8-9-10-11-12-13-14(3,15-4)16-6-2/h5-13H2,1-4H3. The Morgan fingerprint density at radius 1 is 0.875 bits per heavy atom. The van der Waals surface area contributed by atoms with Gasteiger partial charge in [0.1, 0.15) is 0 Å². The van der Waals surface area contributed by atoms with Crippen molar-refractivity contribution in [3.63, 3.8) is 0 Å². The lowest BCUT2D eigenvalue weighted by molar-refractivity contribution is -0.212. The van der Waals surface area contributed by atoms with Gasteiger partial charge in [-0.2, -0.15) is 0 Å². The highest BCUT2D eigenvalue weighted by Gasteiger charge is 2.22. The van der Waals surface area contributed by atoms with Crippen LogP contribution in [0, 0.1) is 0 Å². The van der Waals surface area contributed by atoms with E-state index in [-0.39, 0.29) is 5.79 Å². The maximum Gasteiger partial charge on any atom is 0.165 e. The van der Waals surface area contributed by atoms with Gasteiger partial charge in [0.25, 0.3) is 0 Å². The number of ether oxygens (including phenoxy) is 2.